The number of hydrogen-bond donors (Lipinski definition) is 1. The number of nitrogens with zero attached hydrogens (tertiary/aromatic N) is 2. The Hall–Kier alpha value is -0.970. The van der Waals surface area contributed by atoms with Crippen molar-refractivity contribution in [3.63, 3.8) is 0 Å². The van der Waals surface area contributed by atoms with Crippen LogP contribution in [0.4, 0.5) is 10.5 Å². The second-order valence-corrected chi connectivity index (χ2v) is 6.91. The lowest BCUT2D eigenvalue weighted by Crippen LogP contribution is -2.50. The average molecular weight is 344 g/mol. The highest BCUT2D eigenvalue weighted by Crippen LogP contribution is 2.25. The van der Waals surface area contributed by atoms with E-state index in [2.05, 4.69) is 24.1 Å². The molecule has 1 aliphatic rings. The van der Waals surface area contributed by atoms with Crippen molar-refractivity contribution in [1.82, 2.24) is 9.80 Å². The van der Waals surface area contributed by atoms with Gasteiger partial charge in [-0.25, -0.2) is 4.79 Å². The summed E-state index contributed by atoms with van der Waals surface area (Å²) < 4.78 is 0. The fourth-order valence-electron chi connectivity index (χ4n) is 2.40. The summed E-state index contributed by atoms with van der Waals surface area (Å²) in [5.74, 6) is 0.716. The predicted octanol–water partition coefficient (Wildman–Crippen LogP) is 4.19. The van der Waals surface area contributed by atoms with Gasteiger partial charge in [-0.1, -0.05) is 37.0 Å². The lowest BCUT2D eigenvalue weighted by molar-refractivity contribution is 0.143. The number of rotatable bonds is 4. The van der Waals surface area contributed by atoms with Gasteiger partial charge in [0.05, 0.1) is 10.7 Å². The van der Waals surface area contributed by atoms with Crippen LogP contribution in [0, 0.1) is 5.92 Å². The number of carbonyl (C=O) groups is 1. The highest BCUT2D eigenvalue weighted by atomic mass is 35.5. The summed E-state index contributed by atoms with van der Waals surface area (Å²) in [5, 5.41) is 3.86. The molecule has 122 valence electrons. The molecule has 2 rings (SSSR count). The fourth-order valence-corrected chi connectivity index (χ4v) is 2.86. The second kappa shape index (κ2) is 8.04. The van der Waals surface area contributed by atoms with E-state index in [-0.39, 0.29) is 6.03 Å². The minimum atomic E-state index is -0.104. The van der Waals surface area contributed by atoms with Gasteiger partial charge in [-0.2, -0.15) is 0 Å². The zero-order chi connectivity index (χ0) is 16.1. The van der Waals surface area contributed by atoms with E-state index in [1.165, 1.54) is 6.42 Å². The van der Waals surface area contributed by atoms with Gasteiger partial charge in [0.2, 0.25) is 0 Å². The SMILES string of the molecule is CC(C)CCN1CCN(C(=O)Nc2ccc(Cl)cc2Cl)CC1. The molecule has 1 N–H and O–H groups in total. The van der Waals surface area contributed by atoms with Crippen LogP contribution in [0.3, 0.4) is 0 Å². The topological polar surface area (TPSA) is 35.6 Å². The van der Waals surface area contributed by atoms with E-state index >= 15 is 0 Å². The maximum atomic E-state index is 12.3. The zero-order valence-electron chi connectivity index (χ0n) is 13.1. The largest absolute Gasteiger partial charge is 0.322 e. The first kappa shape index (κ1) is 17.4. The molecule has 1 fully saturated rings. The van der Waals surface area contributed by atoms with Gasteiger partial charge in [0.25, 0.3) is 0 Å². The van der Waals surface area contributed by atoms with E-state index in [0.29, 0.717) is 21.7 Å². The zero-order valence-corrected chi connectivity index (χ0v) is 14.6. The summed E-state index contributed by atoms with van der Waals surface area (Å²) in [7, 11) is 0. The molecule has 22 heavy (non-hydrogen) atoms. The first-order chi connectivity index (χ1) is 10.5. The van der Waals surface area contributed by atoms with Gasteiger partial charge in [0, 0.05) is 31.2 Å². The van der Waals surface area contributed by atoms with Crippen molar-refractivity contribution in [1.29, 1.82) is 0 Å². The summed E-state index contributed by atoms with van der Waals surface area (Å²) in [6.07, 6.45) is 1.20. The molecule has 1 aliphatic heterocycles. The van der Waals surface area contributed by atoms with E-state index in [1.54, 1.807) is 18.2 Å². The summed E-state index contributed by atoms with van der Waals surface area (Å²) >= 11 is 11.9. The van der Waals surface area contributed by atoms with Gasteiger partial charge >= 0.3 is 6.03 Å². The molecule has 2 amide bonds. The molecule has 0 aromatic heterocycles. The maximum Gasteiger partial charge on any atom is 0.321 e. The van der Waals surface area contributed by atoms with E-state index in [0.717, 1.165) is 32.7 Å². The summed E-state index contributed by atoms with van der Waals surface area (Å²) in [5.41, 5.74) is 0.596. The molecular formula is C16H23Cl2N3O. The second-order valence-electron chi connectivity index (χ2n) is 6.07. The molecule has 0 aliphatic carbocycles. The summed E-state index contributed by atoms with van der Waals surface area (Å²) in [4.78, 5) is 16.5. The first-order valence-electron chi connectivity index (χ1n) is 7.69. The van der Waals surface area contributed by atoms with Crippen LogP contribution in [0.2, 0.25) is 10.0 Å². The third kappa shape index (κ3) is 5.04. The van der Waals surface area contributed by atoms with Crippen LogP contribution in [0.1, 0.15) is 20.3 Å². The quantitative estimate of drug-likeness (QED) is 0.889. The first-order valence-corrected chi connectivity index (χ1v) is 8.44. The number of hydrogen-bond acceptors (Lipinski definition) is 2. The van der Waals surface area contributed by atoms with Crippen LogP contribution < -0.4 is 5.32 Å². The minimum Gasteiger partial charge on any atom is -0.322 e. The average Bonchev–Trinajstić information content (AvgIpc) is 2.48. The van der Waals surface area contributed by atoms with Crippen LogP contribution >= 0.6 is 23.2 Å². The minimum absolute atomic E-state index is 0.104. The Balaban J connectivity index is 1.82. The molecule has 0 spiro atoms. The Morgan fingerprint density at radius 2 is 1.91 bits per heavy atom. The van der Waals surface area contributed by atoms with Crippen LogP contribution in [0.5, 0.6) is 0 Å². The Labute approximate surface area is 142 Å². The van der Waals surface area contributed by atoms with Crippen molar-refractivity contribution in [3.8, 4) is 0 Å². The van der Waals surface area contributed by atoms with Crippen molar-refractivity contribution in [3.05, 3.63) is 28.2 Å². The number of amides is 2. The third-order valence-electron chi connectivity index (χ3n) is 3.85. The van der Waals surface area contributed by atoms with Gasteiger partial charge in [0.1, 0.15) is 0 Å². The van der Waals surface area contributed by atoms with Crippen LogP contribution in [0.15, 0.2) is 18.2 Å². The van der Waals surface area contributed by atoms with E-state index in [9.17, 15) is 4.79 Å². The third-order valence-corrected chi connectivity index (χ3v) is 4.40. The standard InChI is InChI=1S/C16H23Cl2N3O/c1-12(2)5-6-20-7-9-21(10-8-20)16(22)19-15-4-3-13(17)11-14(15)18/h3-4,11-12H,5-10H2,1-2H3,(H,19,22). The van der Waals surface area contributed by atoms with E-state index in [1.807, 2.05) is 4.90 Å². The maximum absolute atomic E-state index is 12.3. The Kier molecular flexibility index (Phi) is 6.36. The van der Waals surface area contributed by atoms with Gasteiger partial charge in [-0.3, -0.25) is 4.90 Å². The number of carbonyl (C=O) groups excluding carboxylic acids is 1. The van der Waals surface area contributed by atoms with Gasteiger partial charge < -0.3 is 10.2 Å². The van der Waals surface area contributed by atoms with Crippen LogP contribution in [-0.2, 0) is 0 Å². The molecule has 0 bridgehead atoms. The molecule has 4 nitrogen and oxygen atoms in total. The molecular weight excluding hydrogens is 321 g/mol. The number of nitrogens with one attached hydrogen (secondary N) is 1. The monoisotopic (exact) mass is 343 g/mol. The number of benzene rings is 1. The van der Waals surface area contributed by atoms with Crippen molar-refractivity contribution >= 4 is 34.9 Å². The normalized spacial score (nSPS) is 16.1. The molecule has 0 atom stereocenters. The highest BCUT2D eigenvalue weighted by Gasteiger charge is 2.21. The summed E-state index contributed by atoms with van der Waals surface area (Å²) in [6.45, 7) is 8.92. The fraction of sp³-hybridized carbons (Fsp3) is 0.562. The molecule has 1 heterocycles. The van der Waals surface area contributed by atoms with Crippen LogP contribution in [-0.4, -0.2) is 48.6 Å². The van der Waals surface area contributed by atoms with Crippen molar-refractivity contribution in [2.75, 3.05) is 38.0 Å². The number of anilines is 1. The van der Waals surface area contributed by atoms with Gasteiger partial charge in [-0.05, 0) is 37.1 Å². The highest BCUT2D eigenvalue weighted by molar-refractivity contribution is 6.36. The molecule has 1 saturated heterocycles. The lowest BCUT2D eigenvalue weighted by atomic mass is 10.1. The smallest absolute Gasteiger partial charge is 0.321 e. The Bertz CT molecular complexity index is 514. The molecule has 6 heteroatoms. The van der Waals surface area contributed by atoms with Crippen molar-refractivity contribution in [2.45, 2.75) is 20.3 Å². The van der Waals surface area contributed by atoms with Gasteiger partial charge in [-0.15, -0.1) is 0 Å². The Morgan fingerprint density at radius 1 is 1.23 bits per heavy atom. The molecule has 0 unspecified atom stereocenters. The van der Waals surface area contributed by atoms with E-state index < -0.39 is 0 Å². The molecule has 1 aromatic rings. The Morgan fingerprint density at radius 3 is 2.50 bits per heavy atom. The van der Waals surface area contributed by atoms with Gasteiger partial charge in [0.15, 0.2) is 0 Å². The molecule has 1 aromatic carbocycles. The lowest BCUT2D eigenvalue weighted by Gasteiger charge is -2.35. The number of piperazine rings is 1. The van der Waals surface area contributed by atoms with Crippen LogP contribution in [0.25, 0.3) is 0 Å². The molecule has 0 saturated carbocycles. The number of halogens is 2. The molecule has 0 radical (unpaired) electrons. The predicted molar refractivity (Wildman–Crippen MR) is 92.9 cm³/mol. The van der Waals surface area contributed by atoms with E-state index in [4.69, 9.17) is 23.2 Å². The summed E-state index contributed by atoms with van der Waals surface area (Å²) in [6, 6.07) is 4.96. The van der Waals surface area contributed by atoms with Crippen molar-refractivity contribution < 1.29 is 4.79 Å². The number of urea groups is 1. The van der Waals surface area contributed by atoms with Crippen molar-refractivity contribution in [2.24, 2.45) is 5.92 Å².